The van der Waals surface area contributed by atoms with E-state index in [1.807, 2.05) is 43.8 Å². The van der Waals surface area contributed by atoms with Crippen LogP contribution in [0.4, 0.5) is 5.82 Å². The summed E-state index contributed by atoms with van der Waals surface area (Å²) >= 11 is 0. The third kappa shape index (κ3) is 7.08. The van der Waals surface area contributed by atoms with Crippen molar-refractivity contribution in [2.24, 2.45) is 12.0 Å². The molecule has 0 bridgehead atoms. The van der Waals surface area contributed by atoms with E-state index in [0.717, 1.165) is 69.1 Å². The van der Waals surface area contributed by atoms with Crippen LogP contribution in [-0.4, -0.2) is 64.6 Å². The summed E-state index contributed by atoms with van der Waals surface area (Å²) in [5, 5.41) is 15.3. The molecule has 1 atom stereocenters. The maximum absolute atomic E-state index is 5.42. The molecule has 0 aromatic carbocycles. The first-order chi connectivity index (χ1) is 14.2. The molecule has 0 amide bonds. The first kappa shape index (κ1) is 24.3. The Kier molecular flexibility index (Phi) is 10.3. The Bertz CT molecular complexity index is 782. The van der Waals surface area contributed by atoms with Gasteiger partial charge in [0, 0.05) is 52.1 Å². The van der Waals surface area contributed by atoms with Crippen LogP contribution in [0.1, 0.15) is 31.4 Å². The fraction of sp³-hybridized carbons (Fsp3) is 0.600. The van der Waals surface area contributed by atoms with Crippen LogP contribution in [0.15, 0.2) is 29.4 Å². The number of aromatic nitrogens is 4. The SMILES string of the molecule is CCOCCCNC(=NCc1nnc(C)n1C)NC1CCN(c2ccccn2)C1.I. The average molecular weight is 528 g/mol. The molecule has 2 aromatic rings. The van der Waals surface area contributed by atoms with Crippen molar-refractivity contribution in [2.75, 3.05) is 37.7 Å². The molecule has 30 heavy (non-hydrogen) atoms. The van der Waals surface area contributed by atoms with Gasteiger partial charge in [-0.15, -0.1) is 34.2 Å². The highest BCUT2D eigenvalue weighted by atomic mass is 127. The molecule has 3 heterocycles. The van der Waals surface area contributed by atoms with Crippen LogP contribution >= 0.6 is 24.0 Å². The smallest absolute Gasteiger partial charge is 0.191 e. The Labute approximate surface area is 195 Å². The van der Waals surface area contributed by atoms with Crippen LogP contribution in [-0.2, 0) is 18.3 Å². The van der Waals surface area contributed by atoms with Crippen molar-refractivity contribution in [1.29, 1.82) is 0 Å². The van der Waals surface area contributed by atoms with Gasteiger partial charge in [0.15, 0.2) is 11.8 Å². The van der Waals surface area contributed by atoms with E-state index < -0.39 is 0 Å². The fourth-order valence-electron chi connectivity index (χ4n) is 3.24. The highest BCUT2D eigenvalue weighted by molar-refractivity contribution is 14.0. The minimum absolute atomic E-state index is 0. The number of hydrogen-bond donors (Lipinski definition) is 2. The summed E-state index contributed by atoms with van der Waals surface area (Å²) in [6, 6.07) is 6.34. The summed E-state index contributed by atoms with van der Waals surface area (Å²) in [5.74, 6) is 3.56. The summed E-state index contributed by atoms with van der Waals surface area (Å²) in [5.41, 5.74) is 0. The predicted molar refractivity (Wildman–Crippen MR) is 129 cm³/mol. The van der Waals surface area contributed by atoms with Gasteiger partial charge in [0.25, 0.3) is 0 Å². The summed E-state index contributed by atoms with van der Waals surface area (Å²) in [6.07, 6.45) is 3.81. The Balaban J connectivity index is 0.00000320. The number of guanidine groups is 1. The molecule has 1 aliphatic heterocycles. The van der Waals surface area contributed by atoms with E-state index >= 15 is 0 Å². The van der Waals surface area contributed by atoms with Crippen molar-refractivity contribution in [1.82, 2.24) is 30.4 Å². The minimum Gasteiger partial charge on any atom is -0.382 e. The summed E-state index contributed by atoms with van der Waals surface area (Å²) in [7, 11) is 1.96. The lowest BCUT2D eigenvalue weighted by Crippen LogP contribution is -2.45. The molecule has 10 heteroatoms. The zero-order chi connectivity index (χ0) is 20.5. The van der Waals surface area contributed by atoms with E-state index in [1.165, 1.54) is 0 Å². The number of aliphatic imine (C=N–C) groups is 1. The summed E-state index contributed by atoms with van der Waals surface area (Å²) in [6.45, 7) is 8.62. The van der Waals surface area contributed by atoms with E-state index in [1.54, 1.807) is 0 Å². The average Bonchev–Trinajstić information content (AvgIpc) is 3.34. The standard InChI is InChI=1S/C20H32N8O.HI/c1-4-29-13-7-11-22-20(23-14-19-26-25-16(2)27(19)3)24-17-9-12-28(15-17)18-8-5-6-10-21-18;/h5-6,8,10,17H,4,7,9,11-15H2,1-3H3,(H2,22,23,24);1H. The molecule has 9 nitrogen and oxygen atoms in total. The molecule has 0 aliphatic carbocycles. The molecule has 1 unspecified atom stereocenters. The van der Waals surface area contributed by atoms with Crippen molar-refractivity contribution in [3.63, 3.8) is 0 Å². The number of rotatable bonds is 9. The molecule has 0 radical (unpaired) electrons. The van der Waals surface area contributed by atoms with Crippen molar-refractivity contribution in [3.8, 4) is 0 Å². The zero-order valence-corrected chi connectivity index (χ0v) is 20.4. The second-order valence-corrected chi connectivity index (χ2v) is 7.13. The van der Waals surface area contributed by atoms with E-state index in [9.17, 15) is 0 Å². The second-order valence-electron chi connectivity index (χ2n) is 7.13. The Morgan fingerprint density at radius 3 is 2.90 bits per heavy atom. The molecule has 2 N–H and O–H groups in total. The van der Waals surface area contributed by atoms with Crippen LogP contribution in [0.25, 0.3) is 0 Å². The molecule has 0 saturated carbocycles. The molecular weight excluding hydrogens is 495 g/mol. The first-order valence-corrected chi connectivity index (χ1v) is 10.3. The number of anilines is 1. The van der Waals surface area contributed by atoms with Crippen molar-refractivity contribution < 1.29 is 4.74 Å². The maximum atomic E-state index is 5.42. The van der Waals surface area contributed by atoms with E-state index in [4.69, 9.17) is 9.73 Å². The number of nitrogens with zero attached hydrogens (tertiary/aromatic N) is 6. The molecule has 3 rings (SSSR count). The van der Waals surface area contributed by atoms with E-state index in [-0.39, 0.29) is 24.0 Å². The zero-order valence-electron chi connectivity index (χ0n) is 18.0. The van der Waals surface area contributed by atoms with E-state index in [2.05, 4.69) is 36.8 Å². The Morgan fingerprint density at radius 2 is 2.20 bits per heavy atom. The predicted octanol–water partition coefficient (Wildman–Crippen LogP) is 1.88. The number of halogens is 1. The largest absolute Gasteiger partial charge is 0.382 e. The fourth-order valence-corrected chi connectivity index (χ4v) is 3.24. The van der Waals surface area contributed by atoms with Crippen molar-refractivity contribution in [3.05, 3.63) is 36.0 Å². The van der Waals surface area contributed by atoms with Crippen LogP contribution in [0, 0.1) is 6.92 Å². The third-order valence-corrected chi connectivity index (χ3v) is 5.03. The topological polar surface area (TPSA) is 92.5 Å². The van der Waals surface area contributed by atoms with Gasteiger partial charge in [-0.3, -0.25) is 0 Å². The highest BCUT2D eigenvalue weighted by Crippen LogP contribution is 2.17. The Hall–Kier alpha value is -1.95. The van der Waals surface area contributed by atoms with Gasteiger partial charge in [-0.2, -0.15) is 0 Å². The third-order valence-electron chi connectivity index (χ3n) is 5.03. The number of aryl methyl sites for hydroxylation is 1. The van der Waals surface area contributed by atoms with Crippen LogP contribution in [0.3, 0.4) is 0 Å². The number of nitrogens with one attached hydrogen (secondary N) is 2. The van der Waals surface area contributed by atoms with Gasteiger partial charge in [-0.05, 0) is 38.8 Å². The van der Waals surface area contributed by atoms with Gasteiger partial charge in [0.1, 0.15) is 18.2 Å². The van der Waals surface area contributed by atoms with Crippen LogP contribution < -0.4 is 15.5 Å². The lowest BCUT2D eigenvalue weighted by atomic mass is 10.3. The molecule has 1 saturated heterocycles. The van der Waals surface area contributed by atoms with Gasteiger partial charge in [-0.25, -0.2) is 9.98 Å². The number of hydrogen-bond acceptors (Lipinski definition) is 6. The molecule has 166 valence electrons. The summed E-state index contributed by atoms with van der Waals surface area (Å²) < 4.78 is 7.39. The van der Waals surface area contributed by atoms with Gasteiger partial charge in [0.2, 0.25) is 0 Å². The van der Waals surface area contributed by atoms with E-state index in [0.29, 0.717) is 12.6 Å². The molecule has 2 aromatic heterocycles. The first-order valence-electron chi connectivity index (χ1n) is 10.3. The lowest BCUT2D eigenvalue weighted by molar-refractivity contribution is 0.145. The maximum Gasteiger partial charge on any atom is 0.191 e. The van der Waals surface area contributed by atoms with Crippen LogP contribution in [0.5, 0.6) is 0 Å². The monoisotopic (exact) mass is 528 g/mol. The van der Waals surface area contributed by atoms with Crippen LogP contribution in [0.2, 0.25) is 0 Å². The second kappa shape index (κ2) is 12.7. The highest BCUT2D eigenvalue weighted by Gasteiger charge is 2.24. The Morgan fingerprint density at radius 1 is 1.33 bits per heavy atom. The number of pyridine rings is 1. The quantitative estimate of drug-likeness (QED) is 0.222. The van der Waals surface area contributed by atoms with Crippen molar-refractivity contribution >= 4 is 35.8 Å². The lowest BCUT2D eigenvalue weighted by Gasteiger charge is -2.20. The molecule has 1 aliphatic rings. The normalized spacial score (nSPS) is 16.4. The summed E-state index contributed by atoms with van der Waals surface area (Å²) in [4.78, 5) is 11.5. The minimum atomic E-state index is 0. The van der Waals surface area contributed by atoms with Gasteiger partial charge >= 0.3 is 0 Å². The van der Waals surface area contributed by atoms with Crippen molar-refractivity contribution in [2.45, 2.75) is 39.3 Å². The molecule has 0 spiro atoms. The van der Waals surface area contributed by atoms with Gasteiger partial charge in [0.05, 0.1) is 0 Å². The van der Waals surface area contributed by atoms with Gasteiger partial charge in [-0.1, -0.05) is 6.07 Å². The van der Waals surface area contributed by atoms with Gasteiger partial charge < -0.3 is 24.8 Å². The molecular formula is C20H33IN8O. The number of ether oxygens (including phenoxy) is 1. The molecule has 1 fully saturated rings.